The summed E-state index contributed by atoms with van der Waals surface area (Å²) < 4.78 is 22.3. The third kappa shape index (κ3) is 3.78. The topological polar surface area (TPSA) is 76.1 Å². The van der Waals surface area contributed by atoms with Crippen molar-refractivity contribution in [3.05, 3.63) is 46.6 Å². The number of hydrogen-bond donors (Lipinski definition) is 1. The highest BCUT2D eigenvalue weighted by molar-refractivity contribution is 8.15. The Kier molecular flexibility index (Phi) is 4.42. The zero-order valence-electron chi connectivity index (χ0n) is 10.5. The Morgan fingerprint density at radius 3 is 2.65 bits per heavy atom. The summed E-state index contributed by atoms with van der Waals surface area (Å²) in [7, 11) is 1.52. The van der Waals surface area contributed by atoms with Crippen molar-refractivity contribution in [2.24, 2.45) is 0 Å². The van der Waals surface area contributed by atoms with Crippen LogP contribution in [-0.4, -0.2) is 19.3 Å². The van der Waals surface area contributed by atoms with E-state index in [2.05, 4.69) is 10.3 Å². The first-order valence-corrected chi connectivity index (χ1v) is 8.73. The zero-order valence-corrected chi connectivity index (χ0v) is 12.8. The van der Waals surface area contributed by atoms with Crippen molar-refractivity contribution in [3.63, 3.8) is 0 Å². The summed E-state index contributed by atoms with van der Waals surface area (Å²) in [6, 6.07) is 6.47. The van der Waals surface area contributed by atoms with Gasteiger partial charge in [-0.3, -0.25) is 9.78 Å². The highest BCUT2D eigenvalue weighted by Gasteiger charge is 2.13. The smallest absolute Gasteiger partial charge is 0.270 e. The molecule has 0 aliphatic carbocycles. The first kappa shape index (κ1) is 15.0. The van der Waals surface area contributed by atoms with Gasteiger partial charge in [0.15, 0.2) is 0 Å². The number of pyridine rings is 1. The minimum Gasteiger partial charge on any atom is -0.347 e. The summed E-state index contributed by atoms with van der Waals surface area (Å²) >= 11 is 1.03. The van der Waals surface area contributed by atoms with Crippen LogP contribution in [0.5, 0.6) is 0 Å². The quantitative estimate of drug-likeness (QED) is 0.873. The fraction of sp³-hybridized carbons (Fsp3) is 0.167. The van der Waals surface area contributed by atoms with E-state index in [-0.39, 0.29) is 16.7 Å². The largest absolute Gasteiger partial charge is 0.347 e. The maximum Gasteiger partial charge on any atom is 0.270 e. The average Bonchev–Trinajstić information content (AvgIpc) is 2.85. The monoisotopic (exact) mass is 330 g/mol. The molecule has 2 rings (SSSR count). The molecule has 0 saturated carbocycles. The minimum absolute atomic E-state index is 0.0698. The van der Waals surface area contributed by atoms with Crippen LogP contribution in [0.2, 0.25) is 0 Å². The van der Waals surface area contributed by atoms with Gasteiger partial charge >= 0.3 is 0 Å². The van der Waals surface area contributed by atoms with Crippen molar-refractivity contribution in [1.82, 2.24) is 10.3 Å². The van der Waals surface area contributed by atoms with Gasteiger partial charge in [-0.15, -0.1) is 11.3 Å². The Bertz CT molecular complexity index is 723. The summed E-state index contributed by atoms with van der Waals surface area (Å²) in [5.74, 6) is -0.263. The number of carbonyl (C=O) groups is 1. The Labute approximate surface area is 125 Å². The molecular weight excluding hydrogens is 320 g/mol. The number of aromatic nitrogens is 1. The Balaban J connectivity index is 2.00. The molecule has 0 aliphatic heterocycles. The lowest BCUT2D eigenvalue weighted by Crippen LogP contribution is -2.22. The molecule has 1 amide bonds. The second-order valence-corrected chi connectivity index (χ2v) is 7.99. The van der Waals surface area contributed by atoms with Crippen molar-refractivity contribution in [3.8, 4) is 0 Å². The molecule has 0 spiro atoms. The van der Waals surface area contributed by atoms with Crippen LogP contribution in [-0.2, 0) is 15.6 Å². The van der Waals surface area contributed by atoms with E-state index in [9.17, 15) is 13.2 Å². The molecule has 0 fully saturated rings. The van der Waals surface area contributed by atoms with Gasteiger partial charge in [-0.1, -0.05) is 0 Å². The average molecular weight is 331 g/mol. The van der Waals surface area contributed by atoms with Crippen LogP contribution >= 0.6 is 22.0 Å². The number of amides is 1. The van der Waals surface area contributed by atoms with E-state index in [0.29, 0.717) is 10.4 Å². The predicted molar refractivity (Wildman–Crippen MR) is 77.5 cm³/mol. The summed E-state index contributed by atoms with van der Waals surface area (Å²) in [5, 5.41) is 2.69. The molecule has 0 radical (unpaired) electrons. The second-order valence-electron chi connectivity index (χ2n) is 4.03. The highest BCUT2D eigenvalue weighted by atomic mass is 35.7. The molecule has 2 heterocycles. The second kappa shape index (κ2) is 5.90. The summed E-state index contributed by atoms with van der Waals surface area (Å²) in [6.45, 7) is 2.07. The standard InChI is InChI=1S/C12H11ClN2O3S2/c1-8-2-3-9(6-14-8)12(16)15-7-10-4-5-11(19-10)20(13,17)18/h2-6H,7H2,1H3,(H,15,16). The maximum absolute atomic E-state index is 11.8. The number of hydrogen-bond acceptors (Lipinski definition) is 5. The van der Waals surface area contributed by atoms with Gasteiger partial charge in [-0.05, 0) is 31.2 Å². The number of nitrogens with zero attached hydrogens (tertiary/aromatic N) is 1. The normalized spacial score (nSPS) is 11.3. The lowest BCUT2D eigenvalue weighted by molar-refractivity contribution is 0.0951. The van der Waals surface area contributed by atoms with E-state index >= 15 is 0 Å². The SMILES string of the molecule is Cc1ccc(C(=O)NCc2ccc(S(=O)(=O)Cl)s2)cn1. The lowest BCUT2D eigenvalue weighted by Gasteiger charge is -2.03. The van der Waals surface area contributed by atoms with Crippen molar-refractivity contribution in [2.75, 3.05) is 0 Å². The van der Waals surface area contributed by atoms with Crippen molar-refractivity contribution in [2.45, 2.75) is 17.7 Å². The van der Waals surface area contributed by atoms with Crippen LogP contribution in [0.4, 0.5) is 0 Å². The number of halogens is 1. The molecule has 0 atom stereocenters. The third-order valence-electron chi connectivity index (χ3n) is 2.47. The van der Waals surface area contributed by atoms with Gasteiger partial charge in [-0.25, -0.2) is 8.42 Å². The fourth-order valence-electron chi connectivity index (χ4n) is 1.46. The number of aryl methyl sites for hydroxylation is 1. The molecule has 8 heteroatoms. The summed E-state index contributed by atoms with van der Waals surface area (Å²) in [6.07, 6.45) is 1.49. The summed E-state index contributed by atoms with van der Waals surface area (Å²) in [5.41, 5.74) is 1.29. The van der Waals surface area contributed by atoms with Crippen LogP contribution in [0.3, 0.4) is 0 Å². The van der Waals surface area contributed by atoms with Gasteiger partial charge in [0.25, 0.3) is 15.0 Å². The lowest BCUT2D eigenvalue weighted by atomic mass is 10.2. The molecule has 2 aromatic rings. The Hall–Kier alpha value is -1.44. The van der Waals surface area contributed by atoms with E-state index in [0.717, 1.165) is 17.0 Å². The molecule has 1 N–H and O–H groups in total. The van der Waals surface area contributed by atoms with Crippen LogP contribution in [0, 0.1) is 6.92 Å². The van der Waals surface area contributed by atoms with Crippen molar-refractivity contribution in [1.29, 1.82) is 0 Å². The Morgan fingerprint density at radius 2 is 2.10 bits per heavy atom. The van der Waals surface area contributed by atoms with Gasteiger partial charge in [-0.2, -0.15) is 0 Å². The molecule has 106 valence electrons. The van der Waals surface area contributed by atoms with Crippen molar-refractivity contribution < 1.29 is 13.2 Å². The van der Waals surface area contributed by atoms with Crippen LogP contribution in [0.15, 0.2) is 34.7 Å². The molecule has 0 saturated heterocycles. The third-order valence-corrected chi connectivity index (χ3v) is 5.65. The van der Waals surface area contributed by atoms with Gasteiger partial charge in [0.1, 0.15) is 4.21 Å². The van der Waals surface area contributed by atoms with Crippen molar-refractivity contribution >= 4 is 37.0 Å². The van der Waals surface area contributed by atoms with E-state index in [1.54, 1.807) is 18.2 Å². The van der Waals surface area contributed by atoms with Crippen LogP contribution < -0.4 is 5.32 Å². The summed E-state index contributed by atoms with van der Waals surface area (Å²) in [4.78, 5) is 16.6. The van der Waals surface area contributed by atoms with E-state index in [1.165, 1.54) is 12.3 Å². The van der Waals surface area contributed by atoms with Crippen LogP contribution in [0.25, 0.3) is 0 Å². The molecule has 0 aromatic carbocycles. The number of nitrogens with one attached hydrogen (secondary N) is 1. The maximum atomic E-state index is 11.8. The van der Waals surface area contributed by atoms with E-state index in [1.807, 2.05) is 6.92 Å². The highest BCUT2D eigenvalue weighted by Crippen LogP contribution is 2.24. The molecule has 0 unspecified atom stereocenters. The Morgan fingerprint density at radius 1 is 1.35 bits per heavy atom. The van der Waals surface area contributed by atoms with E-state index in [4.69, 9.17) is 10.7 Å². The minimum atomic E-state index is -3.71. The van der Waals surface area contributed by atoms with Crippen LogP contribution in [0.1, 0.15) is 20.9 Å². The van der Waals surface area contributed by atoms with Gasteiger partial charge in [0, 0.05) is 27.5 Å². The van der Waals surface area contributed by atoms with Gasteiger partial charge in [0.05, 0.1) is 12.1 Å². The first-order chi connectivity index (χ1) is 9.36. The molecule has 0 bridgehead atoms. The number of carbonyl (C=O) groups excluding carboxylic acids is 1. The number of thiophene rings is 1. The molecule has 2 aromatic heterocycles. The van der Waals surface area contributed by atoms with Gasteiger partial charge in [0.2, 0.25) is 0 Å². The van der Waals surface area contributed by atoms with Gasteiger partial charge < -0.3 is 5.32 Å². The molecular formula is C12H11ClN2O3S2. The molecule has 20 heavy (non-hydrogen) atoms. The predicted octanol–water partition coefficient (Wildman–Crippen LogP) is 2.31. The molecule has 5 nitrogen and oxygen atoms in total. The number of rotatable bonds is 4. The fourth-order valence-corrected chi connectivity index (χ4v) is 3.52. The molecule has 0 aliphatic rings. The first-order valence-electron chi connectivity index (χ1n) is 5.60. The zero-order chi connectivity index (χ0) is 14.8. The van der Waals surface area contributed by atoms with E-state index < -0.39 is 9.05 Å².